The number of esters is 1. The second-order valence-electron chi connectivity index (χ2n) is 1.68. The molecule has 0 aliphatic carbocycles. The highest BCUT2D eigenvalue weighted by Crippen LogP contribution is 1.81. The number of carbonyl (C=O) groups excluding carboxylic acids is 1. The third-order valence-electron chi connectivity index (χ3n) is 0.785. The van der Waals surface area contributed by atoms with Crippen molar-refractivity contribution in [2.45, 2.75) is 20.3 Å². The molecule has 0 aromatic heterocycles. The largest absolute Gasteiger partial charge is 0.462 e. The van der Waals surface area contributed by atoms with Crippen molar-refractivity contribution in [3.05, 3.63) is 12.2 Å². The first kappa shape index (κ1) is 8.21. The van der Waals surface area contributed by atoms with Crippen LogP contribution in [-0.4, -0.2) is 12.6 Å². The van der Waals surface area contributed by atoms with Gasteiger partial charge in [-0.25, -0.2) is 0 Å². The normalized spacial score (nSPS) is 10.0. The molecule has 0 aromatic carbocycles. The summed E-state index contributed by atoms with van der Waals surface area (Å²) in [6, 6.07) is 0. The topological polar surface area (TPSA) is 26.3 Å². The van der Waals surface area contributed by atoms with E-state index in [1.54, 1.807) is 0 Å². The Morgan fingerprint density at radius 2 is 2.22 bits per heavy atom. The summed E-state index contributed by atoms with van der Waals surface area (Å²) in [6.45, 7) is 3.84. The maximum Gasteiger partial charge on any atom is 0.302 e. The molecule has 0 spiro atoms. The van der Waals surface area contributed by atoms with Crippen LogP contribution in [0.5, 0.6) is 0 Å². The second kappa shape index (κ2) is 5.35. The summed E-state index contributed by atoms with van der Waals surface area (Å²) in [4.78, 5) is 10.2. The summed E-state index contributed by atoms with van der Waals surface area (Å²) >= 11 is 0. The molecule has 0 aliphatic rings. The fourth-order valence-electron chi connectivity index (χ4n) is 0.400. The minimum atomic E-state index is -0.226. The molecule has 0 aromatic rings. The molecule has 0 atom stereocenters. The average molecular weight is 128 g/mol. The van der Waals surface area contributed by atoms with Gasteiger partial charge in [-0.3, -0.25) is 4.79 Å². The van der Waals surface area contributed by atoms with E-state index in [1.807, 2.05) is 19.1 Å². The Morgan fingerprint density at radius 3 is 2.67 bits per heavy atom. The van der Waals surface area contributed by atoms with Crippen molar-refractivity contribution in [3.63, 3.8) is 0 Å². The van der Waals surface area contributed by atoms with E-state index in [1.165, 1.54) is 6.92 Å². The minimum Gasteiger partial charge on any atom is -0.462 e. The van der Waals surface area contributed by atoms with E-state index in [0.29, 0.717) is 6.61 Å². The molecule has 0 rings (SSSR count). The molecule has 0 aliphatic heterocycles. The number of ether oxygens (including phenoxy) is 1. The Balaban J connectivity index is 3.09. The summed E-state index contributed by atoms with van der Waals surface area (Å²) in [5.74, 6) is -0.226. The molecule has 2 heteroatoms. The number of carbonyl (C=O) groups is 1. The predicted octanol–water partition coefficient (Wildman–Crippen LogP) is 1.52. The molecule has 0 saturated heterocycles. The van der Waals surface area contributed by atoms with Crippen LogP contribution in [0.25, 0.3) is 0 Å². The molecule has 0 bridgehead atoms. The minimum absolute atomic E-state index is 0.226. The number of allylic oxidation sites excluding steroid dienone is 1. The molecule has 9 heavy (non-hydrogen) atoms. The quantitative estimate of drug-likeness (QED) is 0.425. The van der Waals surface area contributed by atoms with E-state index < -0.39 is 0 Å². The fourth-order valence-corrected chi connectivity index (χ4v) is 0.400. The zero-order chi connectivity index (χ0) is 7.11. The molecule has 0 radical (unpaired) electrons. The monoisotopic (exact) mass is 128 g/mol. The van der Waals surface area contributed by atoms with E-state index >= 15 is 0 Å². The molecule has 2 nitrogen and oxygen atoms in total. The summed E-state index contributed by atoms with van der Waals surface area (Å²) in [5.41, 5.74) is 0. The fraction of sp³-hybridized carbons (Fsp3) is 0.571. The van der Waals surface area contributed by atoms with Gasteiger partial charge in [-0.15, -0.1) is 0 Å². The second-order valence-corrected chi connectivity index (χ2v) is 1.68. The van der Waals surface area contributed by atoms with Crippen LogP contribution in [0, 0.1) is 0 Å². The lowest BCUT2D eigenvalue weighted by Crippen LogP contribution is -1.96. The van der Waals surface area contributed by atoms with Crippen LogP contribution < -0.4 is 0 Å². The van der Waals surface area contributed by atoms with Crippen LogP contribution in [0.1, 0.15) is 20.3 Å². The van der Waals surface area contributed by atoms with Gasteiger partial charge in [0.15, 0.2) is 0 Å². The van der Waals surface area contributed by atoms with E-state index in [-0.39, 0.29) is 5.97 Å². The van der Waals surface area contributed by atoms with Gasteiger partial charge < -0.3 is 4.74 Å². The molecule has 0 saturated carbocycles. The van der Waals surface area contributed by atoms with Gasteiger partial charge in [0.1, 0.15) is 6.61 Å². The first-order valence-corrected chi connectivity index (χ1v) is 3.05. The number of rotatable bonds is 3. The molecule has 0 fully saturated rings. The van der Waals surface area contributed by atoms with E-state index in [0.717, 1.165) is 6.42 Å². The Hall–Kier alpha value is -0.790. The van der Waals surface area contributed by atoms with Gasteiger partial charge >= 0.3 is 5.97 Å². The Bertz CT molecular complexity index is 105. The van der Waals surface area contributed by atoms with Crippen LogP contribution >= 0.6 is 0 Å². The molecular weight excluding hydrogens is 116 g/mol. The highest BCUT2D eigenvalue weighted by Gasteiger charge is 1.84. The molecule has 0 amide bonds. The predicted molar refractivity (Wildman–Crippen MR) is 36.1 cm³/mol. The zero-order valence-corrected chi connectivity index (χ0v) is 5.89. The van der Waals surface area contributed by atoms with Gasteiger partial charge in [0.25, 0.3) is 0 Å². The number of hydrogen-bond donors (Lipinski definition) is 0. The van der Waals surface area contributed by atoms with Crippen molar-refractivity contribution in [2.24, 2.45) is 0 Å². The van der Waals surface area contributed by atoms with Crippen LogP contribution in [0.3, 0.4) is 0 Å². The van der Waals surface area contributed by atoms with Gasteiger partial charge in [0, 0.05) is 6.92 Å². The third kappa shape index (κ3) is 7.21. The van der Waals surface area contributed by atoms with E-state index in [4.69, 9.17) is 0 Å². The third-order valence-corrected chi connectivity index (χ3v) is 0.785. The molecule has 0 heterocycles. The van der Waals surface area contributed by atoms with Gasteiger partial charge in [-0.05, 0) is 6.42 Å². The van der Waals surface area contributed by atoms with Gasteiger partial charge in [-0.1, -0.05) is 19.1 Å². The van der Waals surface area contributed by atoms with Crippen LogP contribution in [-0.2, 0) is 9.53 Å². The maximum absolute atomic E-state index is 10.2. The molecule has 52 valence electrons. The maximum atomic E-state index is 10.2. The van der Waals surface area contributed by atoms with Gasteiger partial charge in [-0.2, -0.15) is 0 Å². The lowest BCUT2D eigenvalue weighted by Gasteiger charge is -1.92. The van der Waals surface area contributed by atoms with Crippen molar-refractivity contribution in [2.75, 3.05) is 6.61 Å². The lowest BCUT2D eigenvalue weighted by atomic mass is 10.4. The van der Waals surface area contributed by atoms with Crippen molar-refractivity contribution in [1.82, 2.24) is 0 Å². The Morgan fingerprint density at radius 1 is 1.56 bits per heavy atom. The SMILES string of the molecule is CC/C=C/COC(C)=O. The Kier molecular flexibility index (Phi) is 4.88. The Labute approximate surface area is 55.5 Å². The summed E-state index contributed by atoms with van der Waals surface area (Å²) in [7, 11) is 0. The van der Waals surface area contributed by atoms with Crippen LogP contribution in [0.4, 0.5) is 0 Å². The van der Waals surface area contributed by atoms with Crippen LogP contribution in [0.15, 0.2) is 12.2 Å². The summed E-state index contributed by atoms with van der Waals surface area (Å²) in [5, 5.41) is 0. The van der Waals surface area contributed by atoms with Crippen LogP contribution in [0.2, 0.25) is 0 Å². The number of hydrogen-bond acceptors (Lipinski definition) is 2. The van der Waals surface area contributed by atoms with Crippen molar-refractivity contribution < 1.29 is 9.53 Å². The van der Waals surface area contributed by atoms with Gasteiger partial charge in [0.05, 0.1) is 0 Å². The lowest BCUT2D eigenvalue weighted by molar-refractivity contribution is -0.139. The first-order valence-electron chi connectivity index (χ1n) is 3.05. The molecule has 0 unspecified atom stereocenters. The van der Waals surface area contributed by atoms with Crippen molar-refractivity contribution >= 4 is 5.97 Å². The molecule has 0 N–H and O–H groups in total. The highest BCUT2D eigenvalue weighted by molar-refractivity contribution is 5.65. The molecular formula is C7H12O2. The van der Waals surface area contributed by atoms with E-state index in [9.17, 15) is 4.79 Å². The first-order chi connectivity index (χ1) is 4.27. The van der Waals surface area contributed by atoms with E-state index in [2.05, 4.69) is 4.74 Å². The summed E-state index contributed by atoms with van der Waals surface area (Å²) in [6.07, 6.45) is 4.78. The zero-order valence-electron chi connectivity index (χ0n) is 5.89. The van der Waals surface area contributed by atoms with Crippen molar-refractivity contribution in [3.8, 4) is 0 Å². The van der Waals surface area contributed by atoms with Gasteiger partial charge in [0.2, 0.25) is 0 Å². The van der Waals surface area contributed by atoms with Crippen molar-refractivity contribution in [1.29, 1.82) is 0 Å². The summed E-state index contributed by atoms with van der Waals surface area (Å²) < 4.78 is 4.62. The average Bonchev–Trinajstić information content (AvgIpc) is 1.80. The highest BCUT2D eigenvalue weighted by atomic mass is 16.5. The standard InChI is InChI=1S/C7H12O2/c1-3-4-5-6-9-7(2)8/h4-5H,3,6H2,1-2H3/b5-4+. The smallest absolute Gasteiger partial charge is 0.302 e.